The van der Waals surface area contributed by atoms with Gasteiger partial charge in [0.05, 0.1) is 25.9 Å². The maximum absolute atomic E-state index is 12.5. The maximum Gasteiger partial charge on any atom is 0.318 e. The first-order valence-corrected chi connectivity index (χ1v) is 8.55. The van der Waals surface area contributed by atoms with Crippen molar-refractivity contribution in [1.29, 1.82) is 0 Å². The highest BCUT2D eigenvalue weighted by molar-refractivity contribution is 5.74. The van der Waals surface area contributed by atoms with Crippen LogP contribution >= 0.6 is 0 Å². The maximum atomic E-state index is 12.5. The van der Waals surface area contributed by atoms with Gasteiger partial charge in [-0.05, 0) is 36.8 Å². The number of hydrogen-bond acceptors (Lipinski definition) is 3. The summed E-state index contributed by atoms with van der Waals surface area (Å²) in [6, 6.07) is 8.47. The van der Waals surface area contributed by atoms with Crippen molar-refractivity contribution in [3.8, 4) is 0 Å². The lowest BCUT2D eigenvalue weighted by Crippen LogP contribution is -2.53. The number of nitrogens with zero attached hydrogens (tertiary/aromatic N) is 1. The predicted octanol–water partition coefficient (Wildman–Crippen LogP) is 2.54. The second-order valence-electron chi connectivity index (χ2n) is 6.29. The van der Waals surface area contributed by atoms with E-state index >= 15 is 0 Å². The molecule has 23 heavy (non-hydrogen) atoms. The van der Waals surface area contributed by atoms with Gasteiger partial charge in [-0.25, -0.2) is 4.79 Å². The third-order valence-corrected chi connectivity index (χ3v) is 4.50. The van der Waals surface area contributed by atoms with Gasteiger partial charge < -0.3 is 19.7 Å². The Hall–Kier alpha value is -1.59. The molecule has 1 N–H and O–H groups in total. The standard InChI is InChI=1S/C18H26N2O3/c1-2-22-12-15-5-3-4-14(10-15)11-19-18(21)20-8-9-23-13-17(20)16-6-7-16/h3-5,10,16-17H,2,6-9,11-13H2,1H3,(H,19,21). The topological polar surface area (TPSA) is 50.8 Å². The summed E-state index contributed by atoms with van der Waals surface area (Å²) in [5.74, 6) is 0.635. The van der Waals surface area contributed by atoms with Crippen molar-refractivity contribution in [2.75, 3.05) is 26.4 Å². The van der Waals surface area contributed by atoms with Crippen LogP contribution in [0.4, 0.5) is 4.79 Å². The van der Waals surface area contributed by atoms with Crippen molar-refractivity contribution in [2.24, 2.45) is 5.92 Å². The van der Waals surface area contributed by atoms with Gasteiger partial charge in [0.15, 0.2) is 0 Å². The average molecular weight is 318 g/mol. The SMILES string of the molecule is CCOCc1cccc(CNC(=O)N2CCOCC2C2CC2)c1. The molecule has 2 aliphatic rings. The molecule has 1 heterocycles. The van der Waals surface area contributed by atoms with Gasteiger partial charge in [-0.15, -0.1) is 0 Å². The molecule has 0 radical (unpaired) electrons. The predicted molar refractivity (Wildman–Crippen MR) is 88.0 cm³/mol. The van der Waals surface area contributed by atoms with Crippen molar-refractivity contribution >= 4 is 6.03 Å². The van der Waals surface area contributed by atoms with E-state index in [0.717, 1.165) is 11.1 Å². The van der Waals surface area contributed by atoms with Gasteiger partial charge in [0, 0.05) is 19.7 Å². The van der Waals surface area contributed by atoms with E-state index in [2.05, 4.69) is 11.4 Å². The van der Waals surface area contributed by atoms with Gasteiger partial charge in [-0.2, -0.15) is 0 Å². The molecule has 0 aromatic heterocycles. The monoisotopic (exact) mass is 318 g/mol. The number of rotatable bonds is 6. The number of carbonyl (C=O) groups is 1. The third kappa shape index (κ3) is 4.45. The van der Waals surface area contributed by atoms with E-state index < -0.39 is 0 Å². The molecule has 0 spiro atoms. The van der Waals surface area contributed by atoms with Crippen LogP contribution in [0.5, 0.6) is 0 Å². The highest BCUT2D eigenvalue weighted by Crippen LogP contribution is 2.36. The number of urea groups is 1. The minimum atomic E-state index is 0.0282. The first kappa shape index (κ1) is 16.3. The number of nitrogens with one attached hydrogen (secondary N) is 1. The molecule has 1 aromatic rings. The fourth-order valence-electron chi connectivity index (χ4n) is 3.08. The average Bonchev–Trinajstić information content (AvgIpc) is 3.43. The third-order valence-electron chi connectivity index (χ3n) is 4.50. The molecule has 5 nitrogen and oxygen atoms in total. The molecule has 1 aromatic carbocycles. The number of ether oxygens (including phenoxy) is 2. The minimum Gasteiger partial charge on any atom is -0.377 e. The molecular formula is C18H26N2O3. The lowest BCUT2D eigenvalue weighted by molar-refractivity contribution is 0.00463. The van der Waals surface area contributed by atoms with Crippen LogP contribution in [0.2, 0.25) is 0 Å². The number of hydrogen-bond donors (Lipinski definition) is 1. The van der Waals surface area contributed by atoms with Crippen molar-refractivity contribution in [3.63, 3.8) is 0 Å². The van der Waals surface area contributed by atoms with Crippen molar-refractivity contribution in [2.45, 2.75) is 39.0 Å². The van der Waals surface area contributed by atoms with E-state index in [1.54, 1.807) is 0 Å². The van der Waals surface area contributed by atoms with Crippen molar-refractivity contribution in [1.82, 2.24) is 10.2 Å². The molecule has 0 bridgehead atoms. The fraction of sp³-hybridized carbons (Fsp3) is 0.611. The lowest BCUT2D eigenvalue weighted by atomic mass is 10.1. The smallest absolute Gasteiger partial charge is 0.318 e. The Bertz CT molecular complexity index is 531. The largest absolute Gasteiger partial charge is 0.377 e. The van der Waals surface area contributed by atoms with E-state index in [-0.39, 0.29) is 12.1 Å². The van der Waals surface area contributed by atoms with Gasteiger partial charge in [0.2, 0.25) is 0 Å². The molecule has 1 saturated heterocycles. The Balaban J connectivity index is 1.53. The summed E-state index contributed by atoms with van der Waals surface area (Å²) in [4.78, 5) is 14.5. The summed E-state index contributed by atoms with van der Waals surface area (Å²) in [7, 11) is 0. The Kier molecular flexibility index (Phi) is 5.51. The van der Waals surface area contributed by atoms with Crippen LogP contribution < -0.4 is 5.32 Å². The quantitative estimate of drug-likeness (QED) is 0.877. The highest BCUT2D eigenvalue weighted by Gasteiger charge is 2.39. The van der Waals surface area contributed by atoms with Gasteiger partial charge in [0.25, 0.3) is 0 Å². The van der Waals surface area contributed by atoms with Crippen LogP contribution in [0.15, 0.2) is 24.3 Å². The van der Waals surface area contributed by atoms with Gasteiger partial charge in [-0.3, -0.25) is 0 Å². The van der Waals surface area contributed by atoms with Crippen LogP contribution in [0.3, 0.4) is 0 Å². The second kappa shape index (κ2) is 7.79. The zero-order chi connectivity index (χ0) is 16.1. The van der Waals surface area contributed by atoms with E-state index in [1.807, 2.05) is 30.0 Å². The van der Waals surface area contributed by atoms with E-state index in [4.69, 9.17) is 9.47 Å². The number of carbonyl (C=O) groups excluding carboxylic acids is 1. The van der Waals surface area contributed by atoms with Gasteiger partial charge in [0.1, 0.15) is 0 Å². The number of amides is 2. The summed E-state index contributed by atoms with van der Waals surface area (Å²) in [6.45, 7) is 5.88. The summed E-state index contributed by atoms with van der Waals surface area (Å²) in [5, 5.41) is 3.06. The second-order valence-corrected chi connectivity index (χ2v) is 6.29. The molecule has 3 rings (SSSR count). The minimum absolute atomic E-state index is 0.0282. The zero-order valence-electron chi connectivity index (χ0n) is 13.8. The molecule has 1 saturated carbocycles. The van der Waals surface area contributed by atoms with E-state index in [0.29, 0.717) is 45.4 Å². The molecule has 1 aliphatic carbocycles. The van der Waals surface area contributed by atoms with Crippen LogP contribution in [0, 0.1) is 5.92 Å². The molecular weight excluding hydrogens is 292 g/mol. The lowest BCUT2D eigenvalue weighted by Gasteiger charge is -2.35. The molecule has 5 heteroatoms. The van der Waals surface area contributed by atoms with Crippen LogP contribution in [0.1, 0.15) is 30.9 Å². The Labute approximate surface area is 137 Å². The van der Waals surface area contributed by atoms with Gasteiger partial charge in [-0.1, -0.05) is 24.3 Å². The van der Waals surface area contributed by atoms with E-state index in [1.165, 1.54) is 12.8 Å². The summed E-state index contributed by atoms with van der Waals surface area (Å²) in [5.41, 5.74) is 2.24. The zero-order valence-corrected chi connectivity index (χ0v) is 13.8. The molecule has 1 atom stereocenters. The summed E-state index contributed by atoms with van der Waals surface area (Å²) < 4.78 is 11.0. The van der Waals surface area contributed by atoms with Crippen LogP contribution in [-0.2, 0) is 22.6 Å². The number of benzene rings is 1. The molecule has 2 fully saturated rings. The molecule has 1 unspecified atom stereocenters. The first-order valence-electron chi connectivity index (χ1n) is 8.55. The van der Waals surface area contributed by atoms with Crippen LogP contribution in [-0.4, -0.2) is 43.3 Å². The Morgan fingerprint density at radius 3 is 3.00 bits per heavy atom. The molecule has 126 valence electrons. The number of morpholine rings is 1. The van der Waals surface area contributed by atoms with Crippen LogP contribution in [0.25, 0.3) is 0 Å². The Morgan fingerprint density at radius 1 is 1.39 bits per heavy atom. The van der Waals surface area contributed by atoms with Crippen molar-refractivity contribution < 1.29 is 14.3 Å². The Morgan fingerprint density at radius 2 is 2.22 bits per heavy atom. The van der Waals surface area contributed by atoms with E-state index in [9.17, 15) is 4.79 Å². The summed E-state index contributed by atoms with van der Waals surface area (Å²) in [6.07, 6.45) is 2.44. The van der Waals surface area contributed by atoms with Gasteiger partial charge >= 0.3 is 6.03 Å². The first-order chi connectivity index (χ1) is 11.3. The highest BCUT2D eigenvalue weighted by atomic mass is 16.5. The van der Waals surface area contributed by atoms with Crippen molar-refractivity contribution in [3.05, 3.63) is 35.4 Å². The molecule has 1 aliphatic heterocycles. The summed E-state index contributed by atoms with van der Waals surface area (Å²) >= 11 is 0. The molecule has 2 amide bonds. The normalized spacial score (nSPS) is 21.3. The fourth-order valence-corrected chi connectivity index (χ4v) is 3.08.